The summed E-state index contributed by atoms with van der Waals surface area (Å²) in [6.45, 7) is 2.88. The lowest BCUT2D eigenvalue weighted by atomic mass is 9.91. The highest BCUT2D eigenvalue weighted by atomic mass is 35.5. The monoisotopic (exact) mass is 589 g/mol. The Kier molecular flexibility index (Phi) is 7.80. The van der Waals surface area contributed by atoms with Crippen molar-refractivity contribution in [2.45, 2.75) is 45.0 Å². The second kappa shape index (κ2) is 11.2. The average molecular weight is 590 g/mol. The van der Waals surface area contributed by atoms with Gasteiger partial charge in [0.15, 0.2) is 5.65 Å². The maximum atomic E-state index is 13.8. The minimum absolute atomic E-state index is 0.0327. The molecule has 41 heavy (non-hydrogen) atoms. The molecule has 0 radical (unpaired) electrons. The van der Waals surface area contributed by atoms with Crippen molar-refractivity contribution in [1.29, 1.82) is 0 Å². The molecule has 1 amide bonds. The van der Waals surface area contributed by atoms with Crippen LogP contribution in [0.25, 0.3) is 16.8 Å². The zero-order valence-corrected chi connectivity index (χ0v) is 23.2. The third kappa shape index (κ3) is 5.94. The molecule has 1 aliphatic rings. The first-order chi connectivity index (χ1) is 19.4. The summed E-state index contributed by atoms with van der Waals surface area (Å²) in [6, 6.07) is 8.05. The van der Waals surface area contributed by atoms with Crippen molar-refractivity contribution in [2.24, 2.45) is 5.92 Å². The Bertz CT molecular complexity index is 1670. The summed E-state index contributed by atoms with van der Waals surface area (Å²) in [5.74, 6) is -1.60. The van der Waals surface area contributed by atoms with Crippen LogP contribution in [0.4, 0.5) is 18.9 Å². The van der Waals surface area contributed by atoms with Gasteiger partial charge in [0.2, 0.25) is 5.91 Å². The van der Waals surface area contributed by atoms with Gasteiger partial charge in [0.25, 0.3) is 5.56 Å². The molecule has 4 aromatic rings. The molecule has 4 heterocycles. The largest absolute Gasteiger partial charge is 0.491 e. The number of ether oxygens (including phenoxy) is 2. The second-order valence-electron chi connectivity index (χ2n) is 10.0. The molecule has 1 aliphatic heterocycles. The Morgan fingerprint density at radius 2 is 2.00 bits per heavy atom. The maximum absolute atomic E-state index is 13.8. The molecule has 1 N–H and O–H groups in total. The van der Waals surface area contributed by atoms with E-state index in [1.165, 1.54) is 37.6 Å². The standard InChI is InChI=1S/C28H27ClF3N5O4/c1-15(40-3)8-23(27(39)33-20-6-7-36-16(2)34-35-25(36)11-20)37-13-24-22(12-26(37)38)21-10-19(29)5-4-17(21)9-18(14-41-24)28(30,31)32/h4-7,10-13,15,18,23H,8-9,14H2,1-3H3,(H,33,39)/t15-,18+,23?/m0/s1. The summed E-state index contributed by atoms with van der Waals surface area (Å²) in [7, 11) is 1.48. The van der Waals surface area contributed by atoms with Gasteiger partial charge in [-0.05, 0) is 49.6 Å². The number of nitrogens with zero attached hydrogens (tertiary/aromatic N) is 4. The van der Waals surface area contributed by atoms with Gasteiger partial charge in [0.05, 0.1) is 18.2 Å². The summed E-state index contributed by atoms with van der Waals surface area (Å²) in [6.07, 6.45) is -2.18. The van der Waals surface area contributed by atoms with Crippen molar-refractivity contribution in [1.82, 2.24) is 19.2 Å². The summed E-state index contributed by atoms with van der Waals surface area (Å²) < 4.78 is 55.5. The SMILES string of the molecule is CO[C@@H](C)CC(C(=O)Nc1ccn2c(C)nnc2c1)n1cc2c(cc1=O)-c1cc(Cl)ccc1C[C@@H](C(F)(F)F)CO2. The predicted octanol–water partition coefficient (Wildman–Crippen LogP) is 5.24. The lowest BCUT2D eigenvalue weighted by molar-refractivity contribution is -0.181. The number of anilines is 1. The van der Waals surface area contributed by atoms with E-state index in [9.17, 15) is 22.8 Å². The molecule has 216 valence electrons. The van der Waals surface area contributed by atoms with Crippen LogP contribution >= 0.6 is 11.6 Å². The van der Waals surface area contributed by atoms with Gasteiger partial charge in [0, 0.05) is 48.1 Å². The van der Waals surface area contributed by atoms with E-state index in [2.05, 4.69) is 15.5 Å². The van der Waals surface area contributed by atoms with Crippen LogP contribution in [0.3, 0.4) is 0 Å². The van der Waals surface area contributed by atoms with Crippen LogP contribution in [-0.2, 0) is 16.0 Å². The van der Waals surface area contributed by atoms with Crippen LogP contribution in [0.1, 0.15) is 30.8 Å². The van der Waals surface area contributed by atoms with Crippen molar-refractivity contribution in [3.8, 4) is 16.9 Å². The molecule has 0 fully saturated rings. The molecule has 3 atom stereocenters. The molecule has 1 unspecified atom stereocenters. The predicted molar refractivity (Wildman–Crippen MR) is 146 cm³/mol. The highest BCUT2D eigenvalue weighted by Crippen LogP contribution is 2.40. The number of aryl methyl sites for hydroxylation is 1. The molecule has 0 spiro atoms. The molecule has 0 bridgehead atoms. The number of halogens is 4. The van der Waals surface area contributed by atoms with E-state index in [1.54, 1.807) is 36.6 Å². The van der Waals surface area contributed by atoms with E-state index in [0.29, 0.717) is 38.9 Å². The molecule has 9 nitrogen and oxygen atoms in total. The first-order valence-corrected chi connectivity index (χ1v) is 13.2. The van der Waals surface area contributed by atoms with Crippen molar-refractivity contribution in [3.05, 3.63) is 75.6 Å². The highest BCUT2D eigenvalue weighted by Gasteiger charge is 2.41. The van der Waals surface area contributed by atoms with E-state index in [-0.39, 0.29) is 18.6 Å². The fourth-order valence-corrected chi connectivity index (χ4v) is 5.04. The Morgan fingerprint density at radius 1 is 1.22 bits per heavy atom. The molecular weight excluding hydrogens is 563 g/mol. The van der Waals surface area contributed by atoms with Crippen molar-refractivity contribution < 1.29 is 27.4 Å². The molecular formula is C28H27ClF3N5O4. The van der Waals surface area contributed by atoms with E-state index >= 15 is 0 Å². The van der Waals surface area contributed by atoms with E-state index in [0.717, 1.165) is 4.57 Å². The number of aromatic nitrogens is 4. The number of hydrogen-bond acceptors (Lipinski definition) is 6. The zero-order valence-electron chi connectivity index (χ0n) is 22.4. The number of nitrogens with one attached hydrogen (secondary N) is 1. The lowest BCUT2D eigenvalue weighted by Crippen LogP contribution is -2.36. The third-order valence-electron chi connectivity index (χ3n) is 7.22. The van der Waals surface area contributed by atoms with Crippen LogP contribution in [0.5, 0.6) is 5.75 Å². The molecule has 0 saturated heterocycles. The van der Waals surface area contributed by atoms with Crippen LogP contribution < -0.4 is 15.6 Å². The maximum Gasteiger partial charge on any atom is 0.395 e. The first kappa shape index (κ1) is 28.6. The molecule has 13 heteroatoms. The molecule has 5 rings (SSSR count). The van der Waals surface area contributed by atoms with Crippen LogP contribution in [0.2, 0.25) is 5.02 Å². The van der Waals surface area contributed by atoms with Crippen molar-refractivity contribution >= 4 is 28.8 Å². The smallest absolute Gasteiger partial charge is 0.395 e. The first-order valence-electron chi connectivity index (χ1n) is 12.8. The summed E-state index contributed by atoms with van der Waals surface area (Å²) in [5, 5.41) is 11.2. The Morgan fingerprint density at radius 3 is 2.73 bits per heavy atom. The Balaban J connectivity index is 1.56. The molecule has 3 aromatic heterocycles. The zero-order chi connectivity index (χ0) is 29.5. The number of methoxy groups -OCH3 is 1. The van der Waals surface area contributed by atoms with E-state index in [4.69, 9.17) is 21.1 Å². The summed E-state index contributed by atoms with van der Waals surface area (Å²) >= 11 is 6.19. The Labute approximate surface area is 237 Å². The number of carbonyl (C=O) groups is 1. The lowest BCUT2D eigenvalue weighted by Gasteiger charge is -2.28. The van der Waals surface area contributed by atoms with Gasteiger partial charge in [-0.15, -0.1) is 10.2 Å². The second-order valence-corrected chi connectivity index (χ2v) is 10.5. The number of fused-ring (bicyclic) bond motifs is 4. The Hall–Kier alpha value is -3.90. The fourth-order valence-electron chi connectivity index (χ4n) is 4.87. The summed E-state index contributed by atoms with van der Waals surface area (Å²) in [5.41, 5.74) is 1.46. The average Bonchev–Trinajstić information content (AvgIpc) is 3.28. The van der Waals surface area contributed by atoms with E-state index in [1.807, 2.05) is 0 Å². The number of pyridine rings is 2. The van der Waals surface area contributed by atoms with Gasteiger partial charge in [-0.25, -0.2) is 0 Å². The summed E-state index contributed by atoms with van der Waals surface area (Å²) in [4.78, 5) is 27.1. The van der Waals surface area contributed by atoms with Crippen molar-refractivity contribution in [3.63, 3.8) is 0 Å². The van der Waals surface area contributed by atoms with Crippen molar-refractivity contribution in [2.75, 3.05) is 19.0 Å². The van der Waals surface area contributed by atoms with Crippen LogP contribution in [-0.4, -0.2) is 51.1 Å². The molecule has 0 aliphatic carbocycles. The number of hydrogen-bond donors (Lipinski definition) is 1. The number of benzene rings is 1. The molecule has 0 saturated carbocycles. The third-order valence-corrected chi connectivity index (χ3v) is 7.45. The van der Waals surface area contributed by atoms with Gasteiger partial charge in [-0.2, -0.15) is 13.2 Å². The molecule has 1 aromatic carbocycles. The normalized spacial score (nSPS) is 16.6. The minimum Gasteiger partial charge on any atom is -0.491 e. The number of carbonyl (C=O) groups excluding carboxylic acids is 1. The minimum atomic E-state index is -4.51. The van der Waals surface area contributed by atoms with E-state index < -0.39 is 42.3 Å². The van der Waals surface area contributed by atoms with Gasteiger partial charge in [-0.3, -0.25) is 18.6 Å². The number of alkyl halides is 3. The number of amides is 1. The highest BCUT2D eigenvalue weighted by molar-refractivity contribution is 6.30. The van der Waals surface area contributed by atoms with Crippen LogP contribution in [0.15, 0.2) is 53.6 Å². The van der Waals surface area contributed by atoms with Gasteiger partial charge >= 0.3 is 6.18 Å². The number of rotatable bonds is 6. The van der Waals surface area contributed by atoms with Gasteiger partial charge < -0.3 is 14.8 Å². The van der Waals surface area contributed by atoms with Gasteiger partial charge in [-0.1, -0.05) is 17.7 Å². The fraction of sp³-hybridized carbons (Fsp3) is 0.357. The van der Waals surface area contributed by atoms with Gasteiger partial charge in [0.1, 0.15) is 24.2 Å². The van der Waals surface area contributed by atoms with Crippen LogP contribution in [0, 0.1) is 12.8 Å². The quantitative estimate of drug-likeness (QED) is 0.330. The topological polar surface area (TPSA) is 99.7 Å².